The Kier molecular flexibility index (Phi) is 7.95. The number of likely N-dealkylation sites (N-methyl/N-ethyl adjacent to an activating group) is 2. The van der Waals surface area contributed by atoms with Gasteiger partial charge in [0.05, 0.1) is 11.4 Å². The van der Waals surface area contributed by atoms with Crippen LogP contribution in [0.4, 0.5) is 0 Å². The van der Waals surface area contributed by atoms with Gasteiger partial charge in [-0.25, -0.2) is 0 Å². The molecule has 3 nitrogen and oxygen atoms in total. The summed E-state index contributed by atoms with van der Waals surface area (Å²) in [5, 5.41) is 0. The Morgan fingerprint density at radius 2 is 1.85 bits per heavy atom. The third kappa shape index (κ3) is 8.68. The van der Waals surface area contributed by atoms with Gasteiger partial charge in [0.25, 0.3) is 0 Å². The first kappa shape index (κ1) is 13.4. The van der Waals surface area contributed by atoms with Crippen LogP contribution in [0.5, 0.6) is 0 Å². The molecule has 0 aromatic carbocycles. The highest BCUT2D eigenvalue weighted by Crippen LogP contribution is 2.01. The minimum Gasteiger partial charge on any atom is -0.383 e. The summed E-state index contributed by atoms with van der Waals surface area (Å²) >= 11 is 3.57. The first-order valence-electron chi connectivity index (χ1n) is 4.52. The quantitative estimate of drug-likeness (QED) is 0.627. The zero-order chi connectivity index (χ0) is 10.3. The fraction of sp³-hybridized carbons (Fsp3) is 1.00. The van der Waals surface area contributed by atoms with E-state index in [1.165, 1.54) is 0 Å². The van der Waals surface area contributed by atoms with E-state index in [1.807, 2.05) is 0 Å². The summed E-state index contributed by atoms with van der Waals surface area (Å²) in [6.45, 7) is 4.00. The van der Waals surface area contributed by atoms with Crippen molar-refractivity contribution >= 4 is 15.9 Å². The molecule has 0 aliphatic rings. The van der Waals surface area contributed by atoms with Gasteiger partial charge in [-0.2, -0.15) is 0 Å². The fourth-order valence-corrected chi connectivity index (χ4v) is 1.79. The normalized spacial score (nSPS) is 14.1. The summed E-state index contributed by atoms with van der Waals surface area (Å²) < 4.78 is 5.05. The molecule has 0 aliphatic heterocycles. The monoisotopic (exact) mass is 252 g/mol. The molecular formula is C9H21BrN2O. The van der Waals surface area contributed by atoms with Crippen LogP contribution in [0.2, 0.25) is 0 Å². The predicted octanol–water partition coefficient (Wildman–Crippen LogP) is 0.890. The molecule has 0 saturated carbocycles. The Morgan fingerprint density at radius 3 is 2.31 bits per heavy atom. The molecule has 0 aromatic rings. The Bertz CT molecular complexity index is 122. The second-order valence-electron chi connectivity index (χ2n) is 3.62. The highest BCUT2D eigenvalue weighted by molar-refractivity contribution is 9.09. The molecule has 0 N–H and O–H groups in total. The zero-order valence-corrected chi connectivity index (χ0v) is 10.7. The lowest BCUT2D eigenvalue weighted by molar-refractivity contribution is 0.183. The van der Waals surface area contributed by atoms with E-state index in [-0.39, 0.29) is 0 Å². The van der Waals surface area contributed by atoms with Crippen molar-refractivity contribution in [3.63, 3.8) is 0 Å². The summed E-state index contributed by atoms with van der Waals surface area (Å²) in [7, 11) is 8.05. The van der Waals surface area contributed by atoms with Crippen molar-refractivity contribution in [1.82, 2.24) is 9.80 Å². The lowest BCUT2D eigenvalue weighted by Gasteiger charge is -2.21. The number of methoxy groups -OCH3 is 1. The van der Waals surface area contributed by atoms with E-state index in [0.717, 1.165) is 26.2 Å². The van der Waals surface area contributed by atoms with E-state index in [9.17, 15) is 0 Å². The Morgan fingerprint density at radius 1 is 1.23 bits per heavy atom. The Labute approximate surface area is 90.2 Å². The standard InChI is InChI=1S/C9H21BrN2O/c1-11(2)5-6-12(3)7-9(10)8-13-4/h9H,5-8H2,1-4H3. The summed E-state index contributed by atoms with van der Waals surface area (Å²) in [6.07, 6.45) is 0. The van der Waals surface area contributed by atoms with E-state index >= 15 is 0 Å². The Balaban J connectivity index is 3.43. The largest absolute Gasteiger partial charge is 0.383 e. The molecule has 0 heterocycles. The van der Waals surface area contributed by atoms with Crippen LogP contribution < -0.4 is 0 Å². The number of alkyl halides is 1. The topological polar surface area (TPSA) is 15.7 Å². The summed E-state index contributed by atoms with van der Waals surface area (Å²) in [6, 6.07) is 0. The van der Waals surface area contributed by atoms with Crippen LogP contribution in [0.3, 0.4) is 0 Å². The second kappa shape index (κ2) is 7.74. The van der Waals surface area contributed by atoms with Crippen molar-refractivity contribution in [1.29, 1.82) is 0 Å². The van der Waals surface area contributed by atoms with Crippen molar-refractivity contribution in [2.45, 2.75) is 4.83 Å². The number of rotatable bonds is 7. The van der Waals surface area contributed by atoms with Crippen molar-refractivity contribution in [2.75, 3.05) is 54.5 Å². The fourth-order valence-electron chi connectivity index (χ4n) is 1.03. The minimum atomic E-state index is 0.435. The molecule has 80 valence electrons. The molecule has 0 saturated heterocycles. The van der Waals surface area contributed by atoms with Gasteiger partial charge in [0.15, 0.2) is 0 Å². The first-order valence-corrected chi connectivity index (χ1v) is 5.44. The highest BCUT2D eigenvalue weighted by atomic mass is 79.9. The van der Waals surface area contributed by atoms with Gasteiger partial charge in [0.1, 0.15) is 0 Å². The molecule has 4 heteroatoms. The maximum absolute atomic E-state index is 5.05. The van der Waals surface area contributed by atoms with E-state index in [0.29, 0.717) is 4.83 Å². The number of nitrogens with zero attached hydrogens (tertiary/aromatic N) is 2. The molecular weight excluding hydrogens is 232 g/mol. The summed E-state index contributed by atoms with van der Waals surface area (Å²) in [5.74, 6) is 0. The van der Waals surface area contributed by atoms with Gasteiger partial charge in [-0.15, -0.1) is 0 Å². The zero-order valence-electron chi connectivity index (χ0n) is 9.09. The van der Waals surface area contributed by atoms with Crippen LogP contribution in [-0.4, -0.2) is 69.1 Å². The van der Waals surface area contributed by atoms with Crippen molar-refractivity contribution in [3.8, 4) is 0 Å². The summed E-state index contributed by atoms with van der Waals surface area (Å²) in [4.78, 5) is 4.93. The molecule has 0 aliphatic carbocycles. The van der Waals surface area contributed by atoms with Crippen molar-refractivity contribution in [2.24, 2.45) is 0 Å². The molecule has 0 aromatic heterocycles. The molecule has 0 bridgehead atoms. The van der Waals surface area contributed by atoms with Crippen LogP contribution in [0.1, 0.15) is 0 Å². The van der Waals surface area contributed by atoms with Gasteiger partial charge in [0, 0.05) is 26.7 Å². The van der Waals surface area contributed by atoms with Crippen molar-refractivity contribution in [3.05, 3.63) is 0 Å². The average molecular weight is 253 g/mol. The van der Waals surface area contributed by atoms with Crippen LogP contribution in [0, 0.1) is 0 Å². The third-order valence-corrected chi connectivity index (χ3v) is 2.34. The van der Waals surface area contributed by atoms with E-state index < -0.39 is 0 Å². The third-order valence-electron chi connectivity index (χ3n) is 1.79. The predicted molar refractivity (Wildman–Crippen MR) is 60.6 cm³/mol. The van der Waals surface area contributed by atoms with Gasteiger partial charge < -0.3 is 14.5 Å². The van der Waals surface area contributed by atoms with Gasteiger partial charge >= 0.3 is 0 Å². The maximum atomic E-state index is 5.05. The molecule has 0 amide bonds. The van der Waals surface area contributed by atoms with Crippen molar-refractivity contribution < 1.29 is 4.74 Å². The first-order chi connectivity index (χ1) is 6.06. The van der Waals surface area contributed by atoms with E-state index in [2.05, 4.69) is 46.9 Å². The van der Waals surface area contributed by atoms with E-state index in [4.69, 9.17) is 4.74 Å². The van der Waals surface area contributed by atoms with Gasteiger partial charge in [0.2, 0.25) is 0 Å². The number of halogens is 1. The van der Waals surface area contributed by atoms with Crippen LogP contribution in [0.15, 0.2) is 0 Å². The number of hydrogen-bond acceptors (Lipinski definition) is 3. The maximum Gasteiger partial charge on any atom is 0.0600 e. The number of ether oxygens (including phenoxy) is 1. The molecule has 0 rings (SSSR count). The van der Waals surface area contributed by atoms with Gasteiger partial charge in [-0.1, -0.05) is 15.9 Å². The second-order valence-corrected chi connectivity index (χ2v) is 4.91. The summed E-state index contributed by atoms with van der Waals surface area (Å²) in [5.41, 5.74) is 0. The molecule has 0 fully saturated rings. The van der Waals surface area contributed by atoms with Gasteiger partial charge in [-0.05, 0) is 21.1 Å². The van der Waals surface area contributed by atoms with Gasteiger partial charge in [-0.3, -0.25) is 0 Å². The molecule has 0 radical (unpaired) electrons. The van der Waals surface area contributed by atoms with E-state index in [1.54, 1.807) is 7.11 Å². The van der Waals surface area contributed by atoms with Crippen LogP contribution in [0.25, 0.3) is 0 Å². The lowest BCUT2D eigenvalue weighted by Crippen LogP contribution is -2.33. The van der Waals surface area contributed by atoms with Crippen LogP contribution in [-0.2, 0) is 4.74 Å². The number of hydrogen-bond donors (Lipinski definition) is 0. The smallest absolute Gasteiger partial charge is 0.0600 e. The molecule has 13 heavy (non-hydrogen) atoms. The SMILES string of the molecule is COCC(Br)CN(C)CCN(C)C. The Hall–Kier alpha value is 0.360. The van der Waals surface area contributed by atoms with Crippen LogP contribution >= 0.6 is 15.9 Å². The molecule has 0 spiro atoms. The molecule has 1 unspecified atom stereocenters. The molecule has 1 atom stereocenters. The average Bonchev–Trinajstić information content (AvgIpc) is 2.01. The minimum absolute atomic E-state index is 0.435. The lowest BCUT2D eigenvalue weighted by atomic mass is 10.4. The highest BCUT2D eigenvalue weighted by Gasteiger charge is 2.07.